The number of aromatic nitrogens is 2. The van der Waals surface area contributed by atoms with Gasteiger partial charge in [-0.15, -0.1) is 23.1 Å². The van der Waals surface area contributed by atoms with Crippen LogP contribution in [-0.2, 0) is 5.41 Å². The van der Waals surface area contributed by atoms with Gasteiger partial charge in [0.15, 0.2) is 5.82 Å². The molecule has 2 aromatic heterocycles. The second kappa shape index (κ2) is 8.55. The number of thiophene rings is 1. The zero-order valence-corrected chi connectivity index (χ0v) is 19.1. The van der Waals surface area contributed by atoms with Crippen LogP contribution in [0.25, 0.3) is 10.7 Å². The van der Waals surface area contributed by atoms with Gasteiger partial charge in [0.05, 0.1) is 28.9 Å². The summed E-state index contributed by atoms with van der Waals surface area (Å²) in [4.78, 5) is 23.4. The first-order chi connectivity index (χ1) is 13.7. The Labute approximate surface area is 179 Å². The van der Waals surface area contributed by atoms with E-state index >= 15 is 0 Å². The first-order valence-electron chi connectivity index (χ1n) is 9.21. The van der Waals surface area contributed by atoms with Crippen molar-refractivity contribution < 1.29 is 9.53 Å². The number of thioether (sulfide) groups is 1. The first kappa shape index (κ1) is 21.3. The molecule has 2 heterocycles. The van der Waals surface area contributed by atoms with E-state index < -0.39 is 0 Å². The number of amides is 1. The number of benzene rings is 1. The Hall–Kier alpha value is -2.38. The maximum absolute atomic E-state index is 13.2. The minimum absolute atomic E-state index is 0.0441. The van der Waals surface area contributed by atoms with Gasteiger partial charge in [0.25, 0.3) is 5.91 Å². The number of carbonyl (C=O) groups is 1. The van der Waals surface area contributed by atoms with Gasteiger partial charge in [0.2, 0.25) is 0 Å². The van der Waals surface area contributed by atoms with Gasteiger partial charge in [-0.25, -0.2) is 9.97 Å². The van der Waals surface area contributed by atoms with E-state index in [9.17, 15) is 4.79 Å². The Kier molecular flexibility index (Phi) is 6.29. The van der Waals surface area contributed by atoms with E-state index in [1.165, 1.54) is 11.8 Å². The first-order valence-corrected chi connectivity index (χ1v) is 11.3. The molecule has 0 aliphatic rings. The topological polar surface area (TPSA) is 64.1 Å². The third-order valence-corrected chi connectivity index (χ3v) is 6.08. The van der Waals surface area contributed by atoms with Crippen molar-refractivity contribution in [2.75, 3.05) is 18.7 Å². The molecule has 0 radical (unpaired) electrons. The van der Waals surface area contributed by atoms with Gasteiger partial charge in [-0.1, -0.05) is 32.9 Å². The molecule has 0 saturated heterocycles. The minimum atomic E-state index is -0.242. The third kappa shape index (κ3) is 4.62. The molecule has 0 aliphatic carbocycles. The molecule has 0 aliphatic heterocycles. The molecule has 1 aromatic carbocycles. The lowest BCUT2D eigenvalue weighted by molar-refractivity contribution is 0.102. The number of methoxy groups -OCH3 is 1. The number of hydrogen-bond donors (Lipinski definition) is 1. The average Bonchev–Trinajstić information content (AvgIpc) is 3.21. The van der Waals surface area contributed by atoms with Crippen molar-refractivity contribution in [3.8, 4) is 16.5 Å². The van der Waals surface area contributed by atoms with E-state index in [0.29, 0.717) is 33.5 Å². The van der Waals surface area contributed by atoms with Crippen LogP contribution in [0.15, 0.2) is 40.7 Å². The molecular weight excluding hydrogens is 402 g/mol. The summed E-state index contributed by atoms with van der Waals surface area (Å²) in [6.07, 6.45) is 1.91. The molecule has 1 amide bonds. The van der Waals surface area contributed by atoms with E-state index in [2.05, 4.69) is 36.1 Å². The lowest BCUT2D eigenvalue weighted by atomic mass is 9.87. The molecule has 1 N–H and O–H groups in total. The summed E-state index contributed by atoms with van der Waals surface area (Å²) in [7, 11) is 1.60. The molecule has 0 bridgehead atoms. The second-order valence-electron chi connectivity index (χ2n) is 7.61. The van der Waals surface area contributed by atoms with Gasteiger partial charge in [-0.3, -0.25) is 4.79 Å². The van der Waals surface area contributed by atoms with Crippen LogP contribution in [-0.4, -0.2) is 29.2 Å². The molecule has 0 saturated carbocycles. The van der Waals surface area contributed by atoms with Crippen molar-refractivity contribution in [2.45, 2.75) is 38.1 Å². The summed E-state index contributed by atoms with van der Waals surface area (Å²) in [5.74, 6) is 1.02. The van der Waals surface area contributed by atoms with Gasteiger partial charge in [-0.05, 0) is 47.7 Å². The standard InChI is InChI=1S/C22H25N3O2S2/c1-13-18(21(28-6)25-19(23-13)17-8-7-11-29-17)20(26)24-15-12-14(22(2,3)4)9-10-16(15)27-5/h7-12H,1-6H3,(H,24,26). The second-order valence-corrected chi connectivity index (χ2v) is 9.36. The number of carbonyl (C=O) groups excluding carboxylic acids is 1. The van der Waals surface area contributed by atoms with E-state index in [4.69, 9.17) is 4.74 Å². The van der Waals surface area contributed by atoms with Gasteiger partial charge in [-0.2, -0.15) is 0 Å². The minimum Gasteiger partial charge on any atom is -0.495 e. The Morgan fingerprint density at radius 3 is 2.55 bits per heavy atom. The van der Waals surface area contributed by atoms with Crippen molar-refractivity contribution in [3.63, 3.8) is 0 Å². The summed E-state index contributed by atoms with van der Waals surface area (Å²) < 4.78 is 5.45. The number of hydrogen-bond acceptors (Lipinski definition) is 6. The van der Waals surface area contributed by atoms with Gasteiger partial charge >= 0.3 is 0 Å². The molecule has 7 heteroatoms. The van der Waals surface area contributed by atoms with Gasteiger partial charge in [0.1, 0.15) is 10.8 Å². The molecule has 0 unspecified atom stereocenters. The predicted molar refractivity (Wildman–Crippen MR) is 122 cm³/mol. The third-order valence-electron chi connectivity index (χ3n) is 4.53. The van der Waals surface area contributed by atoms with Crippen LogP contribution < -0.4 is 10.1 Å². The number of anilines is 1. The normalized spacial score (nSPS) is 11.4. The summed E-state index contributed by atoms with van der Waals surface area (Å²) >= 11 is 3.02. The van der Waals surface area contributed by atoms with Crippen LogP contribution in [0.5, 0.6) is 5.75 Å². The number of rotatable bonds is 5. The van der Waals surface area contributed by atoms with Crippen molar-refractivity contribution in [1.82, 2.24) is 9.97 Å². The van der Waals surface area contributed by atoms with Gasteiger partial charge < -0.3 is 10.1 Å². The molecule has 0 fully saturated rings. The fourth-order valence-corrected chi connectivity index (χ4v) is 4.21. The zero-order valence-electron chi connectivity index (χ0n) is 17.5. The zero-order chi connectivity index (χ0) is 21.2. The molecule has 3 rings (SSSR count). The van der Waals surface area contributed by atoms with E-state index in [-0.39, 0.29) is 11.3 Å². The van der Waals surface area contributed by atoms with Crippen molar-refractivity contribution in [3.05, 3.63) is 52.5 Å². The molecule has 3 aromatic rings. The fraction of sp³-hybridized carbons (Fsp3) is 0.318. The lowest BCUT2D eigenvalue weighted by Gasteiger charge is -2.21. The maximum Gasteiger partial charge on any atom is 0.260 e. The Morgan fingerprint density at radius 2 is 1.97 bits per heavy atom. The monoisotopic (exact) mass is 427 g/mol. The Morgan fingerprint density at radius 1 is 1.21 bits per heavy atom. The number of nitrogens with zero attached hydrogens (tertiary/aromatic N) is 2. The van der Waals surface area contributed by atoms with Crippen LogP contribution in [0, 0.1) is 6.92 Å². The highest BCUT2D eigenvalue weighted by Crippen LogP contribution is 2.33. The number of ether oxygens (including phenoxy) is 1. The highest BCUT2D eigenvalue weighted by molar-refractivity contribution is 7.98. The lowest BCUT2D eigenvalue weighted by Crippen LogP contribution is -2.18. The largest absolute Gasteiger partial charge is 0.495 e. The fourth-order valence-electron chi connectivity index (χ4n) is 2.93. The molecular formula is C22H25N3O2S2. The van der Waals surface area contributed by atoms with Crippen molar-refractivity contribution >= 4 is 34.7 Å². The number of nitrogens with one attached hydrogen (secondary N) is 1. The Bertz CT molecular complexity index is 1030. The Balaban J connectivity index is 1.99. The van der Waals surface area contributed by atoms with Crippen LogP contribution in [0.4, 0.5) is 5.69 Å². The molecule has 0 spiro atoms. The van der Waals surface area contributed by atoms with Crippen LogP contribution in [0.1, 0.15) is 42.4 Å². The van der Waals surface area contributed by atoms with Gasteiger partial charge in [0, 0.05) is 0 Å². The quantitative estimate of drug-likeness (QED) is 0.412. The average molecular weight is 428 g/mol. The summed E-state index contributed by atoms with van der Waals surface area (Å²) in [6, 6.07) is 9.81. The summed E-state index contributed by atoms with van der Waals surface area (Å²) in [6.45, 7) is 8.24. The van der Waals surface area contributed by atoms with Crippen molar-refractivity contribution in [1.29, 1.82) is 0 Å². The molecule has 152 valence electrons. The van der Waals surface area contributed by atoms with E-state index in [0.717, 1.165) is 10.4 Å². The molecule has 5 nitrogen and oxygen atoms in total. The highest BCUT2D eigenvalue weighted by Gasteiger charge is 2.22. The predicted octanol–water partition coefficient (Wildman–Crippen LogP) is 5.79. The summed E-state index contributed by atoms with van der Waals surface area (Å²) in [5, 5.41) is 5.65. The van der Waals surface area contributed by atoms with Crippen LogP contribution >= 0.6 is 23.1 Å². The maximum atomic E-state index is 13.2. The van der Waals surface area contributed by atoms with Crippen molar-refractivity contribution in [2.24, 2.45) is 0 Å². The smallest absolute Gasteiger partial charge is 0.260 e. The molecule has 29 heavy (non-hydrogen) atoms. The van der Waals surface area contributed by atoms with Crippen LogP contribution in [0.2, 0.25) is 0 Å². The number of aryl methyl sites for hydroxylation is 1. The van der Waals surface area contributed by atoms with E-state index in [1.54, 1.807) is 18.4 Å². The summed E-state index contributed by atoms with van der Waals surface area (Å²) in [5.41, 5.74) is 2.84. The van der Waals surface area contributed by atoms with E-state index in [1.807, 2.05) is 48.9 Å². The van der Waals surface area contributed by atoms with Crippen LogP contribution in [0.3, 0.4) is 0 Å². The highest BCUT2D eigenvalue weighted by atomic mass is 32.2. The molecule has 0 atom stereocenters. The SMILES string of the molecule is COc1ccc(C(C)(C)C)cc1NC(=O)c1c(C)nc(-c2cccs2)nc1SC.